The van der Waals surface area contributed by atoms with Crippen molar-refractivity contribution in [1.29, 1.82) is 0 Å². The van der Waals surface area contributed by atoms with E-state index in [9.17, 15) is 32.7 Å². The lowest BCUT2D eigenvalue weighted by Crippen LogP contribution is -2.32. The minimum Gasteiger partial charge on any atom is -0.481 e. The molecule has 4 rings (SSSR count). The molecule has 1 aliphatic carbocycles. The van der Waals surface area contributed by atoms with E-state index in [-0.39, 0.29) is 17.9 Å². The van der Waals surface area contributed by atoms with Gasteiger partial charge in [-0.15, -0.1) is 0 Å². The number of halogens is 5. The van der Waals surface area contributed by atoms with E-state index in [2.05, 4.69) is 0 Å². The summed E-state index contributed by atoms with van der Waals surface area (Å²) in [6.07, 6.45) is -1.98. The standard InChI is InChI=1S/C39H47F5N2O4/c1-21(2)13-31(46-20-26(9-8-12-45(6)7)22(3)16-33(46)48)32(47)17-28(18-34(49)50)36-37(40)29(19-30(38(36)41)39(42,43)44)35-23(4)14-27(15-24(35)5)25-10-11-25/h14-16,19-21,25,28,31H,8-13,17-18H2,1-7H3,(H,49,50)/t28-,31?/m0/s1. The number of ketones is 1. The topological polar surface area (TPSA) is 79.6 Å². The molecular formula is C39H47F5N2O4. The minimum atomic E-state index is -5.24. The molecule has 0 aliphatic heterocycles. The molecule has 272 valence electrons. The second-order valence-electron chi connectivity index (χ2n) is 14.6. The first-order chi connectivity index (χ1) is 23.3. The summed E-state index contributed by atoms with van der Waals surface area (Å²) in [5, 5.41) is 9.83. The van der Waals surface area contributed by atoms with Crippen LogP contribution in [0, 0.1) is 38.3 Å². The number of Topliss-reactive ketones (excluding diaryl/α,β-unsaturated/α-hetero) is 1. The van der Waals surface area contributed by atoms with E-state index < -0.39 is 76.6 Å². The summed E-state index contributed by atoms with van der Waals surface area (Å²) in [4.78, 5) is 41.6. The maximum absolute atomic E-state index is 16.7. The molecule has 1 heterocycles. The Balaban J connectivity index is 1.85. The van der Waals surface area contributed by atoms with Crippen molar-refractivity contribution in [1.82, 2.24) is 9.47 Å². The molecule has 0 amide bonds. The van der Waals surface area contributed by atoms with E-state index in [4.69, 9.17) is 0 Å². The van der Waals surface area contributed by atoms with E-state index >= 15 is 8.78 Å². The quantitative estimate of drug-likeness (QED) is 0.160. The number of pyridine rings is 1. The van der Waals surface area contributed by atoms with Crippen LogP contribution in [0.25, 0.3) is 11.1 Å². The molecule has 1 aliphatic rings. The second-order valence-corrected chi connectivity index (χ2v) is 14.6. The van der Waals surface area contributed by atoms with Crippen LogP contribution in [0.4, 0.5) is 22.0 Å². The van der Waals surface area contributed by atoms with Crippen molar-refractivity contribution in [2.45, 2.75) is 104 Å². The summed E-state index contributed by atoms with van der Waals surface area (Å²) in [7, 11) is 3.87. The van der Waals surface area contributed by atoms with Crippen LogP contribution in [0.15, 0.2) is 35.3 Å². The van der Waals surface area contributed by atoms with E-state index in [1.807, 2.05) is 32.8 Å². The predicted molar refractivity (Wildman–Crippen MR) is 184 cm³/mol. The maximum Gasteiger partial charge on any atom is 0.419 e. The molecule has 50 heavy (non-hydrogen) atoms. The summed E-state index contributed by atoms with van der Waals surface area (Å²) in [5.74, 6) is -7.13. The number of nitrogens with zero attached hydrogens (tertiary/aromatic N) is 2. The number of carboxylic acids is 1. The van der Waals surface area contributed by atoms with Gasteiger partial charge in [-0.2, -0.15) is 13.2 Å². The van der Waals surface area contributed by atoms with Crippen LogP contribution in [0.1, 0.15) is 109 Å². The molecule has 0 radical (unpaired) electrons. The lowest BCUT2D eigenvalue weighted by molar-refractivity contribution is -0.140. The summed E-state index contributed by atoms with van der Waals surface area (Å²) in [6.45, 7) is 9.51. The lowest BCUT2D eigenvalue weighted by atomic mass is 9.82. The van der Waals surface area contributed by atoms with Crippen molar-refractivity contribution in [2.75, 3.05) is 20.6 Å². The molecule has 1 saturated carbocycles. The Morgan fingerprint density at radius 2 is 1.58 bits per heavy atom. The van der Waals surface area contributed by atoms with Crippen molar-refractivity contribution in [3.63, 3.8) is 0 Å². The van der Waals surface area contributed by atoms with Crippen molar-refractivity contribution in [2.24, 2.45) is 5.92 Å². The third kappa shape index (κ3) is 9.08. The average molecular weight is 703 g/mol. The highest BCUT2D eigenvalue weighted by molar-refractivity contribution is 5.84. The molecule has 6 nitrogen and oxygen atoms in total. The van der Waals surface area contributed by atoms with Crippen LogP contribution in [0.3, 0.4) is 0 Å². The molecule has 0 bridgehead atoms. The van der Waals surface area contributed by atoms with Crippen molar-refractivity contribution in [3.05, 3.63) is 91.4 Å². The Morgan fingerprint density at radius 3 is 2.10 bits per heavy atom. The molecule has 3 aromatic rings. The number of benzene rings is 2. The molecule has 1 fully saturated rings. The molecule has 1 unspecified atom stereocenters. The highest BCUT2D eigenvalue weighted by atomic mass is 19.4. The predicted octanol–water partition coefficient (Wildman–Crippen LogP) is 8.91. The number of aryl methyl sites for hydroxylation is 4. The smallest absolute Gasteiger partial charge is 0.419 e. The fourth-order valence-electron chi connectivity index (χ4n) is 6.97. The number of carbonyl (C=O) groups excluding carboxylic acids is 1. The van der Waals surface area contributed by atoms with E-state index in [1.165, 1.54) is 10.6 Å². The number of hydrogen-bond donors (Lipinski definition) is 1. The Kier molecular flexibility index (Phi) is 12.1. The van der Waals surface area contributed by atoms with Crippen LogP contribution < -0.4 is 5.56 Å². The SMILES string of the molecule is Cc1cc(=O)n(C(CC(C)C)C(=O)C[C@@H](CC(=O)O)c2c(F)c(-c3c(C)cc(C4CC4)cc3C)cc(C(F)(F)F)c2F)cc1CCCN(C)C. The number of carbonyl (C=O) groups is 2. The van der Waals surface area contributed by atoms with Crippen molar-refractivity contribution in [3.8, 4) is 11.1 Å². The molecule has 2 aromatic carbocycles. The van der Waals surface area contributed by atoms with Gasteiger partial charge in [-0.05, 0) is 125 Å². The first-order valence-corrected chi connectivity index (χ1v) is 17.1. The zero-order valence-corrected chi connectivity index (χ0v) is 29.8. The van der Waals surface area contributed by atoms with Gasteiger partial charge in [0.15, 0.2) is 5.78 Å². The Bertz CT molecular complexity index is 1780. The molecule has 0 spiro atoms. The van der Waals surface area contributed by atoms with Gasteiger partial charge in [0.1, 0.15) is 11.6 Å². The van der Waals surface area contributed by atoms with Gasteiger partial charge in [0.25, 0.3) is 5.56 Å². The summed E-state index contributed by atoms with van der Waals surface area (Å²) < 4.78 is 77.1. The highest BCUT2D eigenvalue weighted by Crippen LogP contribution is 2.46. The zero-order chi connectivity index (χ0) is 37.2. The molecule has 1 aromatic heterocycles. The van der Waals surface area contributed by atoms with E-state index in [1.54, 1.807) is 39.1 Å². The lowest BCUT2D eigenvalue weighted by Gasteiger charge is -2.26. The van der Waals surface area contributed by atoms with Crippen LogP contribution in [-0.2, 0) is 22.2 Å². The first kappa shape index (κ1) is 38.9. The van der Waals surface area contributed by atoms with Crippen LogP contribution >= 0.6 is 0 Å². The Hall–Kier alpha value is -3.86. The van der Waals surface area contributed by atoms with Gasteiger partial charge < -0.3 is 14.6 Å². The van der Waals surface area contributed by atoms with Gasteiger partial charge in [-0.1, -0.05) is 26.0 Å². The van der Waals surface area contributed by atoms with Crippen molar-refractivity contribution >= 4 is 11.8 Å². The summed E-state index contributed by atoms with van der Waals surface area (Å²) >= 11 is 0. The maximum atomic E-state index is 16.7. The number of hydrogen-bond acceptors (Lipinski definition) is 4. The fraction of sp³-hybridized carbons (Fsp3) is 0.513. The third-order valence-electron chi connectivity index (χ3n) is 9.54. The molecular weight excluding hydrogens is 655 g/mol. The van der Waals surface area contributed by atoms with Gasteiger partial charge in [-0.3, -0.25) is 14.4 Å². The largest absolute Gasteiger partial charge is 0.481 e. The van der Waals surface area contributed by atoms with Gasteiger partial charge in [0.05, 0.1) is 18.0 Å². The molecule has 1 N–H and O–H groups in total. The summed E-state index contributed by atoms with van der Waals surface area (Å²) in [5.41, 5.74) is -0.123. The van der Waals surface area contributed by atoms with Crippen molar-refractivity contribution < 1.29 is 36.6 Å². The van der Waals surface area contributed by atoms with E-state index in [0.29, 0.717) is 29.5 Å². The second kappa shape index (κ2) is 15.6. The molecule has 11 heteroatoms. The van der Waals surface area contributed by atoms with Crippen LogP contribution in [-0.4, -0.2) is 47.0 Å². The minimum absolute atomic E-state index is 0.134. The van der Waals surface area contributed by atoms with E-state index in [0.717, 1.165) is 42.5 Å². The monoisotopic (exact) mass is 702 g/mol. The fourth-order valence-corrected chi connectivity index (χ4v) is 6.97. The van der Waals surface area contributed by atoms with Crippen LogP contribution in [0.2, 0.25) is 0 Å². The number of aliphatic carboxylic acids is 1. The van der Waals surface area contributed by atoms with Gasteiger partial charge in [0, 0.05) is 35.7 Å². The number of alkyl halides is 3. The number of aromatic nitrogens is 1. The highest BCUT2D eigenvalue weighted by Gasteiger charge is 2.40. The number of rotatable bonds is 15. The number of carboxylic acid groups (broad SMARTS) is 1. The Labute approximate surface area is 290 Å². The molecule has 0 saturated heterocycles. The first-order valence-electron chi connectivity index (χ1n) is 17.1. The van der Waals surface area contributed by atoms with Crippen LogP contribution in [0.5, 0.6) is 0 Å². The normalized spacial score (nSPS) is 14.8. The van der Waals surface area contributed by atoms with Gasteiger partial charge in [0.2, 0.25) is 0 Å². The Morgan fingerprint density at radius 1 is 0.960 bits per heavy atom. The van der Waals surface area contributed by atoms with Gasteiger partial charge in [-0.25, -0.2) is 8.78 Å². The summed E-state index contributed by atoms with van der Waals surface area (Å²) in [6, 6.07) is 4.29. The van der Waals surface area contributed by atoms with Gasteiger partial charge >= 0.3 is 12.1 Å². The molecule has 2 atom stereocenters. The zero-order valence-electron chi connectivity index (χ0n) is 29.8. The third-order valence-corrected chi connectivity index (χ3v) is 9.54. The average Bonchev–Trinajstić information content (AvgIpc) is 3.82.